The Labute approximate surface area is 251 Å². The lowest BCUT2D eigenvalue weighted by atomic mass is 9.85. The van der Waals surface area contributed by atoms with E-state index in [1.54, 1.807) is 18.3 Å². The van der Waals surface area contributed by atoms with Crippen molar-refractivity contribution in [1.29, 1.82) is 0 Å². The fourth-order valence-corrected chi connectivity index (χ4v) is 8.80. The summed E-state index contributed by atoms with van der Waals surface area (Å²) in [4.78, 5) is 6.89. The molecule has 2 aromatic rings. The minimum atomic E-state index is -3.60. The molecule has 4 bridgehead atoms. The van der Waals surface area contributed by atoms with Crippen molar-refractivity contribution >= 4 is 10.0 Å². The first-order chi connectivity index (χ1) is 19.9. The highest BCUT2D eigenvalue weighted by Crippen LogP contribution is 2.34. The van der Waals surface area contributed by atoms with Crippen LogP contribution in [-0.2, 0) is 21.3 Å². The molecule has 3 fully saturated rings. The minimum absolute atomic E-state index is 0.0390. The number of nitrogens with zero attached hydrogens (tertiary/aromatic N) is 2. The molecule has 5 rings (SSSR count). The van der Waals surface area contributed by atoms with Gasteiger partial charge in [0.05, 0.1) is 17.6 Å². The number of aromatic hydroxyl groups is 1. The zero-order chi connectivity index (χ0) is 30.1. The molecule has 3 aliphatic rings. The van der Waals surface area contributed by atoms with Crippen LogP contribution in [-0.4, -0.2) is 60.4 Å². The van der Waals surface area contributed by atoms with Crippen molar-refractivity contribution in [3.8, 4) is 5.75 Å². The first-order valence-electron chi connectivity index (χ1n) is 15.5. The van der Waals surface area contributed by atoms with Gasteiger partial charge in [-0.15, -0.1) is 0 Å². The summed E-state index contributed by atoms with van der Waals surface area (Å²) >= 11 is 0. The van der Waals surface area contributed by atoms with E-state index in [0.717, 1.165) is 25.8 Å². The fraction of sp³-hybridized carbons (Fsp3) is 0.656. The maximum absolute atomic E-state index is 13.8. The van der Waals surface area contributed by atoms with Gasteiger partial charge in [0, 0.05) is 37.8 Å². The van der Waals surface area contributed by atoms with Crippen molar-refractivity contribution in [2.24, 2.45) is 11.3 Å². The van der Waals surface area contributed by atoms with Crippen LogP contribution in [0, 0.1) is 25.2 Å². The van der Waals surface area contributed by atoms with Crippen LogP contribution in [0.15, 0.2) is 36.5 Å². The summed E-state index contributed by atoms with van der Waals surface area (Å²) in [6.45, 7) is 12.6. The van der Waals surface area contributed by atoms with E-state index in [2.05, 4.69) is 78.1 Å². The van der Waals surface area contributed by atoms with Crippen LogP contribution < -0.4 is 15.4 Å². The lowest BCUT2D eigenvalue weighted by Crippen LogP contribution is -2.64. The molecule has 6 atom stereocenters. The Morgan fingerprint density at radius 1 is 1.07 bits per heavy atom. The van der Waals surface area contributed by atoms with Crippen LogP contribution in [0.3, 0.4) is 0 Å². The first kappa shape index (κ1) is 31.3. The highest BCUT2D eigenvalue weighted by atomic mass is 32.2. The van der Waals surface area contributed by atoms with Crippen LogP contribution in [0.25, 0.3) is 0 Å². The van der Waals surface area contributed by atoms with E-state index in [1.807, 2.05) is 0 Å². The summed E-state index contributed by atoms with van der Waals surface area (Å²) < 4.78 is 37.2. The van der Waals surface area contributed by atoms with E-state index in [4.69, 9.17) is 4.74 Å². The Bertz CT molecular complexity index is 1310. The van der Waals surface area contributed by atoms with Gasteiger partial charge in [0.1, 0.15) is 18.3 Å². The quantitative estimate of drug-likeness (QED) is 0.408. The smallest absolute Gasteiger partial charge is 0.216 e. The second-order valence-electron chi connectivity index (χ2n) is 13.8. The lowest BCUT2D eigenvalue weighted by molar-refractivity contribution is -0.0518. The molecule has 3 heterocycles. The largest absolute Gasteiger partial charge is 0.506 e. The second-order valence-corrected chi connectivity index (χ2v) is 15.8. The number of hydrogen-bond donors (Lipinski definition) is 4. The molecule has 4 N–H and O–H groups in total. The normalized spacial score (nSPS) is 31.0. The third kappa shape index (κ3) is 7.70. The number of rotatable bonds is 4. The molecule has 1 saturated carbocycles. The molecule has 10 heteroatoms. The van der Waals surface area contributed by atoms with Gasteiger partial charge in [-0.05, 0) is 79.7 Å². The average molecular weight is 600 g/mol. The van der Waals surface area contributed by atoms with Crippen molar-refractivity contribution < 1.29 is 18.3 Å². The molecular formula is C32H49N5O4S. The number of aryl methyl sites for hydroxylation is 2. The Hall–Kier alpha value is -2.08. The molecule has 1 aromatic carbocycles. The number of hydrogen-bond acceptors (Lipinski definition) is 8. The molecule has 232 valence electrons. The van der Waals surface area contributed by atoms with E-state index >= 15 is 0 Å². The molecule has 1 aliphatic carbocycles. The molecule has 2 saturated heterocycles. The zero-order valence-electron chi connectivity index (χ0n) is 25.8. The summed E-state index contributed by atoms with van der Waals surface area (Å²) in [5.41, 5.74) is 4.22. The number of aromatic nitrogens is 1. The fourth-order valence-electron chi connectivity index (χ4n) is 7.14. The number of pyridine rings is 1. The molecule has 0 radical (unpaired) electrons. The van der Waals surface area contributed by atoms with Crippen LogP contribution >= 0.6 is 0 Å². The summed E-state index contributed by atoms with van der Waals surface area (Å²) in [5.74, 6) is 0.403. The third-order valence-corrected chi connectivity index (χ3v) is 11.0. The van der Waals surface area contributed by atoms with Gasteiger partial charge in [0.15, 0.2) is 0 Å². The van der Waals surface area contributed by atoms with E-state index in [9.17, 15) is 13.5 Å². The van der Waals surface area contributed by atoms with Crippen LogP contribution in [0.2, 0.25) is 0 Å². The Balaban J connectivity index is 1.51. The lowest BCUT2D eigenvalue weighted by Gasteiger charge is -2.41. The summed E-state index contributed by atoms with van der Waals surface area (Å²) in [6, 6.07) is 9.68. The van der Waals surface area contributed by atoms with Crippen molar-refractivity contribution in [2.75, 3.05) is 13.2 Å². The van der Waals surface area contributed by atoms with Crippen LogP contribution in [0.5, 0.6) is 5.75 Å². The first-order valence-corrected chi connectivity index (χ1v) is 17.0. The standard InChI is InChI=1S/C32H49N5O4S/c1-21-9-6-10-22(2)30(21)26-16-29-35-31(34-26)36-42(39,40)25-12-7-11-23(15-25)18-37(19-27-28(38)13-8-14-33-27)24(20-41-29)17-32(3,4)5/h6,8-10,13-14,23-26,29,31,34-36,38H,7,11-12,15-20H2,1-5H3/t23?,24-,25?,26?,29?,31?/m1/s1. The van der Waals surface area contributed by atoms with Gasteiger partial charge in [-0.3, -0.25) is 20.5 Å². The van der Waals surface area contributed by atoms with Crippen molar-refractivity contribution in [3.05, 3.63) is 58.9 Å². The number of sulfonamides is 1. The summed E-state index contributed by atoms with van der Waals surface area (Å²) in [6.07, 6.45) is 5.41. The second kappa shape index (κ2) is 12.9. The van der Waals surface area contributed by atoms with Gasteiger partial charge in [-0.25, -0.2) is 8.42 Å². The van der Waals surface area contributed by atoms with Gasteiger partial charge in [0.2, 0.25) is 10.0 Å². The number of fused-ring (bicyclic) bond motifs is 4. The number of nitrogens with one attached hydrogen (secondary N) is 3. The SMILES string of the molecule is Cc1cccc(C)c1C1CC2NC(N1)NS(=O)(=O)C1CCCC(C1)CN(Cc1ncccc1O)[C@H](CC(C)(C)C)CO2. The molecular weight excluding hydrogens is 550 g/mol. The van der Waals surface area contributed by atoms with Crippen molar-refractivity contribution in [2.45, 2.75) is 110 Å². The van der Waals surface area contributed by atoms with E-state index < -0.39 is 21.6 Å². The highest BCUT2D eigenvalue weighted by molar-refractivity contribution is 7.90. The van der Waals surface area contributed by atoms with Gasteiger partial charge in [0.25, 0.3) is 0 Å². The topological polar surface area (TPSA) is 116 Å². The van der Waals surface area contributed by atoms with Gasteiger partial charge >= 0.3 is 0 Å². The zero-order valence-corrected chi connectivity index (χ0v) is 26.6. The van der Waals surface area contributed by atoms with Crippen molar-refractivity contribution in [1.82, 2.24) is 25.2 Å². The molecule has 42 heavy (non-hydrogen) atoms. The molecule has 0 spiro atoms. The van der Waals surface area contributed by atoms with Gasteiger partial charge in [-0.1, -0.05) is 45.4 Å². The number of benzene rings is 1. The van der Waals surface area contributed by atoms with E-state index in [1.165, 1.54) is 16.7 Å². The summed E-state index contributed by atoms with van der Waals surface area (Å²) in [7, 11) is -3.60. The minimum Gasteiger partial charge on any atom is -0.506 e. The van der Waals surface area contributed by atoms with E-state index in [0.29, 0.717) is 38.1 Å². The highest BCUT2D eigenvalue weighted by Gasteiger charge is 2.39. The Morgan fingerprint density at radius 2 is 1.83 bits per heavy atom. The van der Waals surface area contributed by atoms with Gasteiger partial charge < -0.3 is 9.84 Å². The predicted molar refractivity (Wildman–Crippen MR) is 165 cm³/mol. The molecule has 0 amide bonds. The van der Waals surface area contributed by atoms with Crippen LogP contribution in [0.4, 0.5) is 0 Å². The molecule has 1 aromatic heterocycles. The Kier molecular flexibility index (Phi) is 9.61. The number of ether oxygens (including phenoxy) is 1. The monoisotopic (exact) mass is 599 g/mol. The molecule has 9 nitrogen and oxygen atoms in total. The maximum Gasteiger partial charge on any atom is 0.216 e. The predicted octanol–water partition coefficient (Wildman–Crippen LogP) is 4.45. The van der Waals surface area contributed by atoms with E-state index in [-0.39, 0.29) is 35.4 Å². The van der Waals surface area contributed by atoms with Gasteiger partial charge in [-0.2, -0.15) is 4.72 Å². The van der Waals surface area contributed by atoms with Crippen LogP contribution in [0.1, 0.15) is 87.7 Å². The summed E-state index contributed by atoms with van der Waals surface area (Å²) in [5, 5.41) is 17.1. The molecule has 2 aliphatic heterocycles. The Morgan fingerprint density at radius 3 is 2.55 bits per heavy atom. The average Bonchev–Trinajstić information content (AvgIpc) is 2.91. The van der Waals surface area contributed by atoms with Crippen molar-refractivity contribution in [3.63, 3.8) is 0 Å². The molecule has 5 unspecified atom stereocenters. The maximum atomic E-state index is 13.8. The third-order valence-electron chi connectivity index (χ3n) is 9.08.